The molecule has 1 aromatic carbocycles. The van der Waals surface area contributed by atoms with E-state index in [1.807, 2.05) is 0 Å². The number of anilines is 1. The Hall–Kier alpha value is -2.67. The first-order chi connectivity index (χ1) is 8.69. The molecule has 0 bridgehead atoms. The monoisotopic (exact) mass is 246 g/mol. The molecular formula is C11H10N4O3. The largest absolute Gasteiger partial charge is 0.457 e. The van der Waals surface area contributed by atoms with Gasteiger partial charge in [-0.05, 0) is 12.1 Å². The van der Waals surface area contributed by atoms with E-state index in [-0.39, 0.29) is 5.69 Å². The van der Waals surface area contributed by atoms with Crippen molar-refractivity contribution in [3.8, 4) is 11.5 Å². The van der Waals surface area contributed by atoms with Gasteiger partial charge in [-0.3, -0.25) is 10.1 Å². The average molecular weight is 246 g/mol. The van der Waals surface area contributed by atoms with E-state index in [4.69, 9.17) is 10.6 Å². The fraction of sp³-hybridized carbons (Fsp3) is 0. The molecule has 0 amide bonds. The van der Waals surface area contributed by atoms with Gasteiger partial charge in [0.05, 0.1) is 11.0 Å². The molecule has 0 radical (unpaired) electrons. The van der Waals surface area contributed by atoms with Crippen molar-refractivity contribution in [3.05, 3.63) is 52.7 Å². The van der Waals surface area contributed by atoms with Gasteiger partial charge in [0.1, 0.15) is 17.3 Å². The zero-order valence-corrected chi connectivity index (χ0v) is 9.24. The Morgan fingerprint density at radius 2 is 2.06 bits per heavy atom. The predicted octanol–water partition coefficient (Wildman–Crippen LogP) is 2.07. The van der Waals surface area contributed by atoms with E-state index in [9.17, 15) is 10.1 Å². The lowest BCUT2D eigenvalue weighted by atomic mass is 10.3. The van der Waals surface area contributed by atoms with E-state index in [0.717, 1.165) is 0 Å². The van der Waals surface area contributed by atoms with Crippen LogP contribution in [-0.2, 0) is 0 Å². The van der Waals surface area contributed by atoms with E-state index in [2.05, 4.69) is 10.4 Å². The van der Waals surface area contributed by atoms with E-state index in [1.54, 1.807) is 24.3 Å². The van der Waals surface area contributed by atoms with Gasteiger partial charge in [-0.2, -0.15) is 0 Å². The molecular weight excluding hydrogens is 236 g/mol. The first-order valence-corrected chi connectivity index (χ1v) is 5.04. The standard InChI is InChI=1S/C11H10N4O3/c12-14-11-7-10(4-5-13-11)18-9-3-1-2-8(6-9)15(16)17/h1-7H,12H2,(H,13,14). The van der Waals surface area contributed by atoms with Gasteiger partial charge in [0.25, 0.3) is 5.69 Å². The van der Waals surface area contributed by atoms with Crippen molar-refractivity contribution >= 4 is 11.5 Å². The highest BCUT2D eigenvalue weighted by atomic mass is 16.6. The number of hydrogen-bond acceptors (Lipinski definition) is 6. The van der Waals surface area contributed by atoms with Crippen LogP contribution in [0.5, 0.6) is 11.5 Å². The number of non-ortho nitro benzene ring substituents is 1. The molecule has 1 heterocycles. The number of benzene rings is 1. The molecule has 0 aliphatic rings. The Morgan fingerprint density at radius 1 is 1.28 bits per heavy atom. The summed E-state index contributed by atoms with van der Waals surface area (Å²) >= 11 is 0. The zero-order valence-electron chi connectivity index (χ0n) is 9.24. The van der Waals surface area contributed by atoms with Gasteiger partial charge in [0.15, 0.2) is 0 Å². The van der Waals surface area contributed by atoms with Gasteiger partial charge in [0, 0.05) is 18.3 Å². The summed E-state index contributed by atoms with van der Waals surface area (Å²) in [5.74, 6) is 6.52. The molecule has 0 unspecified atom stereocenters. The summed E-state index contributed by atoms with van der Waals surface area (Å²) in [5, 5.41) is 10.6. The molecule has 7 heteroatoms. The second kappa shape index (κ2) is 5.11. The molecule has 0 spiro atoms. The number of hydrogen-bond donors (Lipinski definition) is 2. The quantitative estimate of drug-likeness (QED) is 0.486. The van der Waals surface area contributed by atoms with Crippen molar-refractivity contribution in [1.29, 1.82) is 0 Å². The van der Waals surface area contributed by atoms with Crippen molar-refractivity contribution in [2.75, 3.05) is 5.43 Å². The third-order valence-electron chi connectivity index (χ3n) is 2.14. The average Bonchev–Trinajstić information content (AvgIpc) is 2.39. The number of hydrazine groups is 1. The van der Waals surface area contributed by atoms with Crippen LogP contribution in [0.15, 0.2) is 42.6 Å². The minimum Gasteiger partial charge on any atom is -0.457 e. The van der Waals surface area contributed by atoms with Crippen LogP contribution in [0, 0.1) is 10.1 Å². The van der Waals surface area contributed by atoms with E-state index in [1.165, 1.54) is 18.3 Å². The second-order valence-corrected chi connectivity index (χ2v) is 3.38. The van der Waals surface area contributed by atoms with Crippen molar-refractivity contribution in [3.63, 3.8) is 0 Å². The maximum Gasteiger partial charge on any atom is 0.273 e. The number of nitrogens with zero attached hydrogens (tertiary/aromatic N) is 2. The topological polar surface area (TPSA) is 103 Å². The third kappa shape index (κ3) is 2.71. The molecule has 0 atom stereocenters. The second-order valence-electron chi connectivity index (χ2n) is 3.38. The molecule has 0 aliphatic carbocycles. The number of nitrogen functional groups attached to an aromatic ring is 1. The zero-order chi connectivity index (χ0) is 13.0. The summed E-state index contributed by atoms with van der Waals surface area (Å²) in [6.45, 7) is 0. The molecule has 0 saturated carbocycles. The van der Waals surface area contributed by atoms with E-state index in [0.29, 0.717) is 17.3 Å². The van der Waals surface area contributed by atoms with Crippen molar-refractivity contribution in [2.24, 2.45) is 5.84 Å². The number of rotatable bonds is 4. The number of ether oxygens (including phenoxy) is 1. The van der Waals surface area contributed by atoms with Crippen LogP contribution >= 0.6 is 0 Å². The molecule has 0 fully saturated rings. The lowest BCUT2D eigenvalue weighted by molar-refractivity contribution is -0.384. The van der Waals surface area contributed by atoms with Crippen LogP contribution in [0.2, 0.25) is 0 Å². The number of nitro benzene ring substituents is 1. The van der Waals surface area contributed by atoms with Crippen LogP contribution in [0.1, 0.15) is 0 Å². The first-order valence-electron chi connectivity index (χ1n) is 5.04. The fourth-order valence-corrected chi connectivity index (χ4v) is 1.35. The highest BCUT2D eigenvalue weighted by molar-refractivity contribution is 5.44. The lowest BCUT2D eigenvalue weighted by Crippen LogP contribution is -2.08. The minimum atomic E-state index is -0.480. The summed E-state index contributed by atoms with van der Waals surface area (Å²) < 4.78 is 5.47. The smallest absolute Gasteiger partial charge is 0.273 e. The van der Waals surface area contributed by atoms with Crippen molar-refractivity contribution in [2.45, 2.75) is 0 Å². The molecule has 1 aromatic heterocycles. The van der Waals surface area contributed by atoms with Crippen LogP contribution in [0.3, 0.4) is 0 Å². The minimum absolute atomic E-state index is 0.0290. The number of nitrogens with two attached hydrogens (primary N) is 1. The Morgan fingerprint density at radius 3 is 2.78 bits per heavy atom. The maximum atomic E-state index is 10.6. The summed E-state index contributed by atoms with van der Waals surface area (Å²) in [7, 11) is 0. The van der Waals surface area contributed by atoms with E-state index >= 15 is 0 Å². The first kappa shape index (κ1) is 11.8. The highest BCUT2D eigenvalue weighted by Crippen LogP contribution is 2.25. The Balaban J connectivity index is 2.22. The number of pyridine rings is 1. The van der Waals surface area contributed by atoms with Gasteiger partial charge in [-0.15, -0.1) is 0 Å². The highest BCUT2D eigenvalue weighted by Gasteiger charge is 2.07. The predicted molar refractivity (Wildman–Crippen MR) is 65.2 cm³/mol. The molecule has 2 rings (SSSR count). The fourth-order valence-electron chi connectivity index (χ4n) is 1.35. The molecule has 0 aliphatic heterocycles. The summed E-state index contributed by atoms with van der Waals surface area (Å²) in [6, 6.07) is 9.13. The van der Waals surface area contributed by atoms with Crippen LogP contribution in [0.4, 0.5) is 11.5 Å². The molecule has 3 N–H and O–H groups in total. The van der Waals surface area contributed by atoms with Crippen LogP contribution < -0.4 is 16.0 Å². The summed E-state index contributed by atoms with van der Waals surface area (Å²) in [5.41, 5.74) is 2.35. The Kier molecular flexibility index (Phi) is 3.35. The van der Waals surface area contributed by atoms with Crippen LogP contribution in [0.25, 0.3) is 0 Å². The van der Waals surface area contributed by atoms with Crippen molar-refractivity contribution in [1.82, 2.24) is 4.98 Å². The van der Waals surface area contributed by atoms with Gasteiger partial charge < -0.3 is 10.2 Å². The molecule has 18 heavy (non-hydrogen) atoms. The molecule has 2 aromatic rings. The Bertz CT molecular complexity index is 574. The number of nitro groups is 1. The molecule has 7 nitrogen and oxygen atoms in total. The maximum absolute atomic E-state index is 10.6. The SMILES string of the molecule is NNc1cc(Oc2cccc([N+](=O)[O-])c2)ccn1. The van der Waals surface area contributed by atoms with E-state index < -0.39 is 4.92 Å². The summed E-state index contributed by atoms with van der Waals surface area (Å²) in [4.78, 5) is 14.1. The van der Waals surface area contributed by atoms with Crippen molar-refractivity contribution < 1.29 is 9.66 Å². The normalized spacial score (nSPS) is 9.83. The number of aromatic nitrogens is 1. The van der Waals surface area contributed by atoms with Crippen LogP contribution in [-0.4, -0.2) is 9.91 Å². The van der Waals surface area contributed by atoms with Gasteiger partial charge in [-0.1, -0.05) is 6.07 Å². The Labute approximate surface area is 102 Å². The summed E-state index contributed by atoms with van der Waals surface area (Å²) in [6.07, 6.45) is 1.52. The number of nitrogens with one attached hydrogen (secondary N) is 1. The third-order valence-corrected chi connectivity index (χ3v) is 2.14. The van der Waals surface area contributed by atoms with Gasteiger partial charge >= 0.3 is 0 Å². The van der Waals surface area contributed by atoms with Gasteiger partial charge in [0.2, 0.25) is 0 Å². The lowest BCUT2D eigenvalue weighted by Gasteiger charge is -2.06. The molecule has 92 valence electrons. The molecule has 0 saturated heterocycles. The van der Waals surface area contributed by atoms with Gasteiger partial charge in [-0.25, -0.2) is 10.8 Å².